The van der Waals surface area contributed by atoms with E-state index < -0.39 is 0 Å². The topological polar surface area (TPSA) is 30.7 Å². The number of hydrogen-bond acceptors (Lipinski definition) is 2. The minimum atomic E-state index is 0.793. The summed E-state index contributed by atoms with van der Waals surface area (Å²) >= 11 is 6.61. The molecular formula is C7H9Br2N3. The van der Waals surface area contributed by atoms with Gasteiger partial charge in [0.05, 0.1) is 6.54 Å². The summed E-state index contributed by atoms with van der Waals surface area (Å²) in [5.41, 5.74) is 0. The van der Waals surface area contributed by atoms with Gasteiger partial charge < -0.3 is 0 Å². The van der Waals surface area contributed by atoms with Crippen molar-refractivity contribution in [2.24, 2.45) is 5.92 Å². The van der Waals surface area contributed by atoms with E-state index in [9.17, 15) is 0 Å². The lowest BCUT2D eigenvalue weighted by molar-refractivity contribution is 0.253. The van der Waals surface area contributed by atoms with Gasteiger partial charge in [-0.1, -0.05) is 6.42 Å². The van der Waals surface area contributed by atoms with Crippen LogP contribution in [0.2, 0.25) is 0 Å². The predicted octanol–water partition coefficient (Wildman–Crippen LogP) is 2.60. The fourth-order valence-electron chi connectivity index (χ4n) is 1.30. The summed E-state index contributed by atoms with van der Waals surface area (Å²) in [6.07, 6.45) is 4.03. The van der Waals surface area contributed by atoms with Crippen LogP contribution < -0.4 is 0 Å². The van der Waals surface area contributed by atoms with Crippen molar-refractivity contribution < 1.29 is 0 Å². The second-order valence-corrected chi connectivity index (χ2v) is 4.64. The van der Waals surface area contributed by atoms with E-state index in [1.165, 1.54) is 19.3 Å². The molecular weight excluding hydrogens is 286 g/mol. The van der Waals surface area contributed by atoms with E-state index in [0.717, 1.165) is 21.7 Å². The number of nitrogens with zero attached hydrogens (tertiary/aromatic N) is 3. The van der Waals surface area contributed by atoms with Crippen molar-refractivity contribution in [3.05, 3.63) is 9.21 Å². The highest BCUT2D eigenvalue weighted by Crippen LogP contribution is 2.28. The lowest BCUT2D eigenvalue weighted by Crippen LogP contribution is -2.19. The van der Waals surface area contributed by atoms with Crippen molar-refractivity contribution in [1.82, 2.24) is 15.0 Å². The highest BCUT2D eigenvalue weighted by molar-refractivity contribution is 9.13. The van der Waals surface area contributed by atoms with Gasteiger partial charge in [-0.25, -0.2) is 0 Å². The average Bonchev–Trinajstić information content (AvgIpc) is 2.24. The van der Waals surface area contributed by atoms with Gasteiger partial charge in [0.25, 0.3) is 0 Å². The van der Waals surface area contributed by atoms with Crippen LogP contribution in [-0.2, 0) is 6.54 Å². The molecule has 0 bridgehead atoms. The van der Waals surface area contributed by atoms with Crippen LogP contribution in [0, 0.1) is 5.92 Å². The van der Waals surface area contributed by atoms with Crippen molar-refractivity contribution in [2.45, 2.75) is 25.8 Å². The second kappa shape index (κ2) is 3.46. The number of rotatable bonds is 2. The maximum Gasteiger partial charge on any atom is 0.162 e. The van der Waals surface area contributed by atoms with E-state index in [0.29, 0.717) is 0 Å². The fourth-order valence-corrected chi connectivity index (χ4v) is 1.82. The molecule has 0 saturated heterocycles. The van der Waals surface area contributed by atoms with Gasteiger partial charge in [-0.2, -0.15) is 4.80 Å². The molecule has 0 aromatic carbocycles. The SMILES string of the molecule is Brc1nn(CC2CCC2)nc1Br. The minimum absolute atomic E-state index is 0.793. The van der Waals surface area contributed by atoms with E-state index in [1.54, 1.807) is 4.80 Å². The van der Waals surface area contributed by atoms with Gasteiger partial charge in [0.2, 0.25) is 0 Å². The van der Waals surface area contributed by atoms with Gasteiger partial charge in [-0.3, -0.25) is 0 Å². The van der Waals surface area contributed by atoms with Crippen LogP contribution >= 0.6 is 31.9 Å². The molecule has 0 atom stereocenters. The zero-order chi connectivity index (χ0) is 8.55. The third-order valence-corrected chi connectivity index (χ3v) is 3.82. The Morgan fingerprint density at radius 1 is 1.25 bits per heavy atom. The molecule has 3 nitrogen and oxygen atoms in total. The molecule has 0 amide bonds. The van der Waals surface area contributed by atoms with Crippen LogP contribution in [0.15, 0.2) is 9.21 Å². The van der Waals surface area contributed by atoms with Crippen molar-refractivity contribution in [3.8, 4) is 0 Å². The molecule has 0 N–H and O–H groups in total. The second-order valence-electron chi connectivity index (χ2n) is 3.13. The molecule has 5 heteroatoms. The molecule has 1 fully saturated rings. The van der Waals surface area contributed by atoms with E-state index >= 15 is 0 Å². The Morgan fingerprint density at radius 2 is 1.83 bits per heavy atom. The summed E-state index contributed by atoms with van der Waals surface area (Å²) in [6, 6.07) is 0. The molecule has 1 aliphatic rings. The third-order valence-electron chi connectivity index (χ3n) is 2.22. The lowest BCUT2D eigenvalue weighted by atomic mass is 9.86. The van der Waals surface area contributed by atoms with Crippen LogP contribution in [0.4, 0.5) is 0 Å². The quantitative estimate of drug-likeness (QED) is 0.839. The maximum absolute atomic E-state index is 4.21. The molecule has 0 radical (unpaired) electrons. The summed E-state index contributed by atoms with van der Waals surface area (Å²) in [5, 5.41) is 8.41. The molecule has 1 aromatic heterocycles. The van der Waals surface area contributed by atoms with E-state index in [1.807, 2.05) is 0 Å². The predicted molar refractivity (Wildman–Crippen MR) is 52.8 cm³/mol. The van der Waals surface area contributed by atoms with Crippen LogP contribution in [-0.4, -0.2) is 15.0 Å². The Bertz CT molecular complexity index is 261. The van der Waals surface area contributed by atoms with E-state index in [4.69, 9.17) is 0 Å². The van der Waals surface area contributed by atoms with Crippen LogP contribution in [0.1, 0.15) is 19.3 Å². The largest absolute Gasteiger partial charge is 0.182 e. The first-order valence-electron chi connectivity index (χ1n) is 4.02. The van der Waals surface area contributed by atoms with Gasteiger partial charge in [0, 0.05) is 0 Å². The Kier molecular flexibility index (Phi) is 2.50. The van der Waals surface area contributed by atoms with Gasteiger partial charge >= 0.3 is 0 Å². The molecule has 1 heterocycles. The van der Waals surface area contributed by atoms with Gasteiger partial charge in [0.1, 0.15) is 0 Å². The molecule has 0 spiro atoms. The molecule has 1 aliphatic carbocycles. The number of hydrogen-bond donors (Lipinski definition) is 0. The molecule has 66 valence electrons. The molecule has 2 rings (SSSR count). The molecule has 1 aromatic rings. The Balaban J connectivity index is 2.02. The monoisotopic (exact) mass is 293 g/mol. The lowest BCUT2D eigenvalue weighted by Gasteiger charge is -2.24. The average molecular weight is 295 g/mol. The molecule has 1 saturated carbocycles. The van der Waals surface area contributed by atoms with Crippen LogP contribution in [0.3, 0.4) is 0 Å². The maximum atomic E-state index is 4.21. The standard InChI is InChI=1S/C7H9Br2N3/c8-6-7(9)11-12(10-6)4-5-2-1-3-5/h5H,1-4H2. The van der Waals surface area contributed by atoms with Crippen molar-refractivity contribution >= 4 is 31.9 Å². The third kappa shape index (κ3) is 1.71. The highest BCUT2D eigenvalue weighted by Gasteiger charge is 2.19. The highest BCUT2D eigenvalue weighted by atomic mass is 79.9. The summed E-state index contributed by atoms with van der Waals surface area (Å²) in [4.78, 5) is 1.76. The fraction of sp³-hybridized carbons (Fsp3) is 0.714. The Labute approximate surface area is 87.8 Å². The Morgan fingerprint density at radius 3 is 2.25 bits per heavy atom. The zero-order valence-corrected chi connectivity index (χ0v) is 9.68. The van der Waals surface area contributed by atoms with Crippen LogP contribution in [0.5, 0.6) is 0 Å². The van der Waals surface area contributed by atoms with E-state index in [-0.39, 0.29) is 0 Å². The first kappa shape index (κ1) is 8.69. The van der Waals surface area contributed by atoms with Crippen molar-refractivity contribution in [3.63, 3.8) is 0 Å². The summed E-state index contributed by atoms with van der Waals surface area (Å²) in [5.74, 6) is 0.802. The van der Waals surface area contributed by atoms with Gasteiger partial charge in [-0.05, 0) is 50.6 Å². The summed E-state index contributed by atoms with van der Waals surface area (Å²) in [7, 11) is 0. The molecule has 0 aliphatic heterocycles. The van der Waals surface area contributed by atoms with Gasteiger partial charge in [0.15, 0.2) is 9.21 Å². The Hall–Kier alpha value is 0.1000. The first-order chi connectivity index (χ1) is 5.75. The number of halogens is 2. The minimum Gasteiger partial charge on any atom is -0.182 e. The normalized spacial score (nSPS) is 17.8. The van der Waals surface area contributed by atoms with Crippen LogP contribution in [0.25, 0.3) is 0 Å². The first-order valence-corrected chi connectivity index (χ1v) is 5.60. The van der Waals surface area contributed by atoms with Crippen molar-refractivity contribution in [2.75, 3.05) is 0 Å². The van der Waals surface area contributed by atoms with E-state index in [2.05, 4.69) is 42.1 Å². The molecule has 0 unspecified atom stereocenters. The van der Waals surface area contributed by atoms with Crippen molar-refractivity contribution in [1.29, 1.82) is 0 Å². The van der Waals surface area contributed by atoms with Gasteiger partial charge in [-0.15, -0.1) is 10.2 Å². The zero-order valence-electron chi connectivity index (χ0n) is 6.50. The smallest absolute Gasteiger partial charge is 0.162 e. The summed E-state index contributed by atoms with van der Waals surface area (Å²) < 4.78 is 1.59. The molecule has 12 heavy (non-hydrogen) atoms. The number of aromatic nitrogens is 3. The summed E-state index contributed by atoms with van der Waals surface area (Å²) in [6.45, 7) is 0.962.